The maximum absolute atomic E-state index is 13.0. The Morgan fingerprint density at radius 3 is 2.62 bits per heavy atom. The third kappa shape index (κ3) is 3.42. The number of aromatic nitrogens is 4. The van der Waals surface area contributed by atoms with Crippen molar-refractivity contribution in [3.63, 3.8) is 0 Å². The molecule has 0 N–H and O–H groups in total. The van der Waals surface area contributed by atoms with E-state index in [4.69, 9.17) is 0 Å². The first-order chi connectivity index (χ1) is 12.4. The molecule has 0 aromatic carbocycles. The Labute approximate surface area is 149 Å². The predicted octanol–water partition coefficient (Wildman–Crippen LogP) is 2.84. The van der Waals surface area contributed by atoms with Crippen molar-refractivity contribution in [1.82, 2.24) is 19.9 Å². The Hall–Kier alpha value is -2.45. The highest BCUT2D eigenvalue weighted by molar-refractivity contribution is 5.43. The van der Waals surface area contributed by atoms with Crippen molar-refractivity contribution in [3.05, 3.63) is 36.0 Å². The summed E-state index contributed by atoms with van der Waals surface area (Å²) in [6.45, 7) is 3.34. The zero-order valence-corrected chi connectivity index (χ0v) is 14.3. The van der Waals surface area contributed by atoms with Crippen LogP contribution in [-0.4, -0.2) is 45.1 Å². The van der Waals surface area contributed by atoms with Crippen LogP contribution in [0.1, 0.15) is 30.7 Å². The van der Waals surface area contributed by atoms with Crippen molar-refractivity contribution in [3.8, 4) is 0 Å². The first kappa shape index (κ1) is 17.0. The van der Waals surface area contributed by atoms with Crippen LogP contribution < -0.4 is 9.80 Å². The van der Waals surface area contributed by atoms with Gasteiger partial charge < -0.3 is 9.80 Å². The smallest absolute Gasteiger partial charge is 0.353 e. The van der Waals surface area contributed by atoms with Crippen LogP contribution in [0.5, 0.6) is 0 Å². The second-order valence-corrected chi connectivity index (χ2v) is 6.79. The maximum atomic E-state index is 13.0. The molecule has 138 valence electrons. The fourth-order valence-corrected chi connectivity index (χ4v) is 3.39. The van der Waals surface area contributed by atoms with Gasteiger partial charge in [0, 0.05) is 31.5 Å². The van der Waals surface area contributed by atoms with E-state index >= 15 is 0 Å². The van der Waals surface area contributed by atoms with E-state index < -0.39 is 11.9 Å². The number of aryl methyl sites for hydroxylation is 1. The van der Waals surface area contributed by atoms with Gasteiger partial charge in [0.2, 0.25) is 5.95 Å². The molecule has 0 amide bonds. The van der Waals surface area contributed by atoms with Crippen molar-refractivity contribution in [2.75, 3.05) is 22.9 Å². The number of nitrogens with zero attached hydrogens (tertiary/aromatic N) is 6. The van der Waals surface area contributed by atoms with Crippen LogP contribution in [0.3, 0.4) is 0 Å². The minimum absolute atomic E-state index is 0.0632. The summed E-state index contributed by atoms with van der Waals surface area (Å²) in [5.74, 6) is 0.970. The monoisotopic (exact) mass is 364 g/mol. The Morgan fingerprint density at radius 1 is 1.12 bits per heavy atom. The number of rotatable bonds is 4. The number of alkyl halides is 3. The zero-order valence-electron chi connectivity index (χ0n) is 14.3. The molecule has 0 bridgehead atoms. The Morgan fingerprint density at radius 2 is 1.92 bits per heavy atom. The molecule has 1 saturated carbocycles. The standard InChI is InChI=1S/C17H19F3N6/c1-11-8-21-9-15(23-11)25-7-5-13(10-25)26(12-2-3-12)16-22-6-4-14(24-16)17(18,19)20/h4,6,8-9,12-13H,2-3,5,7,10H2,1H3. The summed E-state index contributed by atoms with van der Waals surface area (Å²) in [5, 5.41) is 0. The fraction of sp³-hybridized carbons (Fsp3) is 0.529. The Kier molecular flexibility index (Phi) is 4.16. The molecular weight excluding hydrogens is 345 g/mol. The number of anilines is 2. The summed E-state index contributed by atoms with van der Waals surface area (Å²) < 4.78 is 39.0. The largest absolute Gasteiger partial charge is 0.433 e. The molecule has 2 aliphatic rings. The molecule has 2 fully saturated rings. The van der Waals surface area contributed by atoms with Gasteiger partial charge in [-0.25, -0.2) is 15.0 Å². The fourth-order valence-electron chi connectivity index (χ4n) is 3.39. The molecular formula is C17H19F3N6. The van der Waals surface area contributed by atoms with E-state index in [2.05, 4.69) is 24.8 Å². The van der Waals surface area contributed by atoms with Crippen LogP contribution >= 0.6 is 0 Å². The first-order valence-corrected chi connectivity index (χ1v) is 8.64. The highest BCUT2D eigenvalue weighted by Gasteiger charge is 2.40. The summed E-state index contributed by atoms with van der Waals surface area (Å²) in [4.78, 5) is 20.7. The Balaban J connectivity index is 1.57. The van der Waals surface area contributed by atoms with E-state index in [-0.39, 0.29) is 18.0 Å². The number of hydrogen-bond donors (Lipinski definition) is 0. The van der Waals surface area contributed by atoms with Crippen LogP contribution in [0.25, 0.3) is 0 Å². The van der Waals surface area contributed by atoms with Gasteiger partial charge >= 0.3 is 6.18 Å². The number of halogens is 3. The molecule has 4 rings (SSSR count). The molecule has 1 aliphatic carbocycles. The lowest BCUT2D eigenvalue weighted by molar-refractivity contribution is -0.141. The van der Waals surface area contributed by atoms with Gasteiger partial charge in [0.1, 0.15) is 11.5 Å². The molecule has 1 unspecified atom stereocenters. The number of hydrogen-bond acceptors (Lipinski definition) is 6. The maximum Gasteiger partial charge on any atom is 0.433 e. The first-order valence-electron chi connectivity index (χ1n) is 8.64. The van der Waals surface area contributed by atoms with E-state index in [1.165, 1.54) is 6.20 Å². The normalized spacial score (nSPS) is 20.5. The topological polar surface area (TPSA) is 58.0 Å². The lowest BCUT2D eigenvalue weighted by Gasteiger charge is -2.29. The lowest BCUT2D eigenvalue weighted by Crippen LogP contribution is -2.41. The van der Waals surface area contributed by atoms with Gasteiger partial charge in [-0.2, -0.15) is 13.2 Å². The zero-order chi connectivity index (χ0) is 18.3. The van der Waals surface area contributed by atoms with Gasteiger partial charge in [0.25, 0.3) is 0 Å². The molecule has 26 heavy (non-hydrogen) atoms. The van der Waals surface area contributed by atoms with Crippen molar-refractivity contribution >= 4 is 11.8 Å². The highest BCUT2D eigenvalue weighted by Crippen LogP contribution is 2.36. The predicted molar refractivity (Wildman–Crippen MR) is 89.9 cm³/mol. The molecule has 2 aromatic rings. The molecule has 6 nitrogen and oxygen atoms in total. The van der Waals surface area contributed by atoms with Crippen molar-refractivity contribution in [1.29, 1.82) is 0 Å². The van der Waals surface area contributed by atoms with Gasteiger partial charge in [-0.3, -0.25) is 4.98 Å². The van der Waals surface area contributed by atoms with Crippen LogP contribution in [0.15, 0.2) is 24.7 Å². The molecule has 1 aliphatic heterocycles. The average molecular weight is 364 g/mol. The summed E-state index contributed by atoms with van der Waals surface area (Å²) in [5.41, 5.74) is -0.0567. The van der Waals surface area contributed by atoms with Crippen molar-refractivity contribution in [2.45, 2.75) is 44.4 Å². The third-order valence-electron chi connectivity index (χ3n) is 4.73. The summed E-state index contributed by atoms with van der Waals surface area (Å²) in [6, 6.07) is 1.19. The molecule has 2 aromatic heterocycles. The molecule has 0 spiro atoms. The van der Waals surface area contributed by atoms with Gasteiger partial charge in [0.05, 0.1) is 17.9 Å². The average Bonchev–Trinajstić information content (AvgIpc) is 3.31. The van der Waals surface area contributed by atoms with Crippen LogP contribution in [-0.2, 0) is 6.18 Å². The minimum atomic E-state index is -4.47. The third-order valence-corrected chi connectivity index (χ3v) is 4.73. The minimum Gasteiger partial charge on any atom is -0.353 e. The van der Waals surface area contributed by atoms with E-state index in [9.17, 15) is 13.2 Å². The van der Waals surface area contributed by atoms with Gasteiger partial charge in [-0.05, 0) is 32.3 Å². The van der Waals surface area contributed by atoms with Crippen molar-refractivity contribution < 1.29 is 13.2 Å². The summed E-state index contributed by atoms with van der Waals surface area (Å²) >= 11 is 0. The van der Waals surface area contributed by atoms with Crippen LogP contribution in [0.2, 0.25) is 0 Å². The second kappa shape index (κ2) is 6.37. The van der Waals surface area contributed by atoms with E-state index in [1.54, 1.807) is 12.4 Å². The van der Waals surface area contributed by atoms with Crippen LogP contribution in [0.4, 0.5) is 24.9 Å². The van der Waals surface area contributed by atoms with Gasteiger partial charge in [0.15, 0.2) is 0 Å². The summed E-state index contributed by atoms with van der Waals surface area (Å²) in [6.07, 6.45) is 2.89. The summed E-state index contributed by atoms with van der Waals surface area (Å²) in [7, 11) is 0. The highest BCUT2D eigenvalue weighted by atomic mass is 19.4. The lowest BCUT2D eigenvalue weighted by atomic mass is 10.2. The molecule has 1 saturated heterocycles. The van der Waals surface area contributed by atoms with Gasteiger partial charge in [-0.1, -0.05) is 0 Å². The molecule has 0 radical (unpaired) electrons. The SMILES string of the molecule is Cc1cncc(N2CCC(N(c3nccc(C(F)(F)F)n3)C3CC3)C2)n1. The second-order valence-electron chi connectivity index (χ2n) is 6.79. The van der Waals surface area contributed by atoms with E-state index in [0.29, 0.717) is 6.54 Å². The molecule has 3 heterocycles. The van der Waals surface area contributed by atoms with Crippen LogP contribution in [0, 0.1) is 6.92 Å². The van der Waals surface area contributed by atoms with Gasteiger partial charge in [-0.15, -0.1) is 0 Å². The molecule has 9 heteroatoms. The van der Waals surface area contributed by atoms with E-state index in [0.717, 1.165) is 43.4 Å². The quantitative estimate of drug-likeness (QED) is 0.832. The van der Waals surface area contributed by atoms with E-state index in [1.807, 2.05) is 11.8 Å². The Bertz CT molecular complexity index is 792. The molecule has 1 atom stereocenters. The van der Waals surface area contributed by atoms with Crippen molar-refractivity contribution in [2.24, 2.45) is 0 Å².